The second kappa shape index (κ2) is 11.1. The number of hydrogen-bond acceptors (Lipinski definition) is 6. The van der Waals surface area contributed by atoms with Crippen LogP contribution in [-0.2, 0) is 6.54 Å². The Kier molecular flexibility index (Phi) is 7.30. The monoisotopic (exact) mass is 527 g/mol. The zero-order valence-corrected chi connectivity index (χ0v) is 21.4. The molecule has 11 nitrogen and oxygen atoms in total. The summed E-state index contributed by atoms with van der Waals surface area (Å²) in [6.07, 6.45) is 3.47. The van der Waals surface area contributed by atoms with Gasteiger partial charge < -0.3 is 31.3 Å². The molecule has 3 heterocycles. The van der Waals surface area contributed by atoms with Gasteiger partial charge >= 0.3 is 12.1 Å². The van der Waals surface area contributed by atoms with Crippen molar-refractivity contribution in [1.29, 1.82) is 0 Å². The van der Waals surface area contributed by atoms with Gasteiger partial charge in [0.25, 0.3) is 5.56 Å². The van der Waals surface area contributed by atoms with Crippen LogP contribution in [0.2, 0.25) is 0 Å². The number of fused-ring (bicyclic) bond motifs is 1. The fraction of sp³-hybridized carbons (Fsp3) is 0.214. The van der Waals surface area contributed by atoms with Crippen LogP contribution >= 0.6 is 0 Å². The van der Waals surface area contributed by atoms with Gasteiger partial charge in [-0.1, -0.05) is 18.2 Å². The molecular formula is C28H29N7O4. The molecule has 0 bridgehead atoms. The number of amides is 4. The first-order valence-electron chi connectivity index (χ1n) is 12.6. The first kappa shape index (κ1) is 25.6. The van der Waals surface area contributed by atoms with E-state index < -0.39 is 6.03 Å². The topological polar surface area (TPSA) is 144 Å². The van der Waals surface area contributed by atoms with Crippen molar-refractivity contribution in [3.05, 3.63) is 82.8 Å². The van der Waals surface area contributed by atoms with Gasteiger partial charge in [0.15, 0.2) is 0 Å². The third kappa shape index (κ3) is 5.93. The molecule has 200 valence electrons. The van der Waals surface area contributed by atoms with Crippen molar-refractivity contribution in [3.63, 3.8) is 0 Å². The molecule has 1 aliphatic rings. The largest absolute Gasteiger partial charge is 0.497 e. The Labute approximate surface area is 224 Å². The van der Waals surface area contributed by atoms with E-state index in [4.69, 9.17) is 10.5 Å². The predicted octanol–water partition coefficient (Wildman–Crippen LogP) is 4.32. The highest BCUT2D eigenvalue weighted by Crippen LogP contribution is 2.24. The maximum atomic E-state index is 13.7. The number of primary amides is 1. The predicted molar refractivity (Wildman–Crippen MR) is 151 cm³/mol. The number of nitrogens with zero attached hydrogens (tertiary/aromatic N) is 3. The Morgan fingerprint density at radius 3 is 2.44 bits per heavy atom. The molecule has 2 aromatic heterocycles. The minimum absolute atomic E-state index is 0.141. The first-order chi connectivity index (χ1) is 18.9. The van der Waals surface area contributed by atoms with Gasteiger partial charge in [-0.05, 0) is 60.9 Å². The van der Waals surface area contributed by atoms with Crippen LogP contribution in [0.1, 0.15) is 18.4 Å². The summed E-state index contributed by atoms with van der Waals surface area (Å²) in [4.78, 5) is 43.8. The Morgan fingerprint density at radius 1 is 0.974 bits per heavy atom. The van der Waals surface area contributed by atoms with E-state index >= 15 is 0 Å². The second-order valence-corrected chi connectivity index (χ2v) is 9.25. The van der Waals surface area contributed by atoms with Crippen LogP contribution in [0.15, 0.2) is 71.7 Å². The molecule has 11 heteroatoms. The number of nitrogens with one attached hydrogen (secondary N) is 3. The van der Waals surface area contributed by atoms with Crippen molar-refractivity contribution >= 4 is 45.8 Å². The Hall–Kier alpha value is -5.06. The number of anilines is 4. The van der Waals surface area contributed by atoms with Gasteiger partial charge in [-0.2, -0.15) is 0 Å². The lowest BCUT2D eigenvalue weighted by atomic mass is 10.2. The minimum Gasteiger partial charge on any atom is -0.497 e. The maximum absolute atomic E-state index is 13.7. The van der Waals surface area contributed by atoms with Gasteiger partial charge in [-0.25, -0.2) is 14.6 Å². The average Bonchev–Trinajstić information content (AvgIpc) is 3.47. The summed E-state index contributed by atoms with van der Waals surface area (Å²) in [5.41, 5.74) is 8.27. The van der Waals surface area contributed by atoms with Crippen LogP contribution in [0.25, 0.3) is 11.0 Å². The van der Waals surface area contributed by atoms with Gasteiger partial charge in [0, 0.05) is 29.9 Å². The molecule has 5 rings (SSSR count). The number of hydrogen-bond donors (Lipinski definition) is 4. The standard InChI is InChI=1S/C28H29N7O4/c1-39-23-9-7-18(8-10-23)17-35-25-19(13-22(16-30-25)32-27(29)37)14-24(26(35)36)31-20-5-4-6-21(15-20)33-28(38)34-11-2-3-12-34/h4-10,13-16,31H,2-3,11-12,17H2,1H3,(H,33,38)(H3,29,32,37). The number of likely N-dealkylation sites (tertiary alicyclic amines) is 1. The summed E-state index contributed by atoms with van der Waals surface area (Å²) in [7, 11) is 1.59. The van der Waals surface area contributed by atoms with Gasteiger partial charge in [-0.3, -0.25) is 9.36 Å². The normalized spacial score (nSPS) is 12.8. The average molecular weight is 528 g/mol. The van der Waals surface area contributed by atoms with E-state index in [2.05, 4.69) is 20.9 Å². The summed E-state index contributed by atoms with van der Waals surface area (Å²) >= 11 is 0. The van der Waals surface area contributed by atoms with Crippen molar-refractivity contribution in [2.75, 3.05) is 36.1 Å². The van der Waals surface area contributed by atoms with Crippen LogP contribution < -0.4 is 32.0 Å². The van der Waals surface area contributed by atoms with E-state index in [1.165, 1.54) is 6.20 Å². The molecule has 2 aromatic carbocycles. The molecule has 4 aromatic rings. The Balaban J connectivity index is 1.49. The summed E-state index contributed by atoms with van der Waals surface area (Å²) in [6.45, 7) is 1.75. The van der Waals surface area contributed by atoms with Crippen molar-refractivity contribution in [2.24, 2.45) is 5.73 Å². The number of urea groups is 2. The molecule has 1 saturated heterocycles. The number of rotatable bonds is 7. The smallest absolute Gasteiger partial charge is 0.321 e. The highest BCUT2D eigenvalue weighted by molar-refractivity contribution is 5.92. The molecule has 1 aliphatic heterocycles. The fourth-order valence-electron chi connectivity index (χ4n) is 4.58. The van der Waals surface area contributed by atoms with Gasteiger partial charge in [0.1, 0.15) is 17.1 Å². The third-order valence-electron chi connectivity index (χ3n) is 6.48. The first-order valence-corrected chi connectivity index (χ1v) is 12.6. The zero-order valence-electron chi connectivity index (χ0n) is 21.4. The second-order valence-electron chi connectivity index (χ2n) is 9.25. The quantitative estimate of drug-likeness (QED) is 0.282. The SMILES string of the molecule is COc1ccc(Cn2c(=O)c(Nc3cccc(NC(=O)N4CCCC4)c3)cc3cc(NC(N)=O)cnc32)cc1. The number of pyridine rings is 2. The Morgan fingerprint density at radius 2 is 1.72 bits per heavy atom. The van der Waals surface area contributed by atoms with Crippen molar-refractivity contribution in [1.82, 2.24) is 14.5 Å². The number of aromatic nitrogens is 2. The highest BCUT2D eigenvalue weighted by atomic mass is 16.5. The van der Waals surface area contributed by atoms with E-state index in [0.717, 1.165) is 31.5 Å². The molecular weight excluding hydrogens is 498 g/mol. The van der Waals surface area contributed by atoms with Crippen molar-refractivity contribution < 1.29 is 14.3 Å². The number of ether oxygens (including phenoxy) is 1. The van der Waals surface area contributed by atoms with E-state index in [9.17, 15) is 14.4 Å². The number of carbonyl (C=O) groups excluding carboxylic acids is 2. The molecule has 0 radical (unpaired) electrons. The third-order valence-corrected chi connectivity index (χ3v) is 6.48. The molecule has 4 amide bonds. The molecule has 5 N–H and O–H groups in total. The molecule has 0 atom stereocenters. The van der Waals surface area contributed by atoms with Crippen molar-refractivity contribution in [3.8, 4) is 5.75 Å². The summed E-state index contributed by atoms with van der Waals surface area (Å²) < 4.78 is 6.80. The van der Waals surface area contributed by atoms with E-state index in [-0.39, 0.29) is 18.1 Å². The van der Waals surface area contributed by atoms with Gasteiger partial charge in [0.2, 0.25) is 0 Å². The molecule has 0 spiro atoms. The fourth-order valence-corrected chi connectivity index (χ4v) is 4.58. The maximum Gasteiger partial charge on any atom is 0.321 e. The number of methoxy groups -OCH3 is 1. The lowest BCUT2D eigenvalue weighted by Crippen LogP contribution is -2.32. The van der Waals surface area contributed by atoms with Gasteiger partial charge in [0.05, 0.1) is 25.5 Å². The number of nitrogens with two attached hydrogens (primary N) is 1. The van der Waals surface area contributed by atoms with Crippen LogP contribution in [0.3, 0.4) is 0 Å². The van der Waals surface area contributed by atoms with E-state index in [1.807, 2.05) is 30.3 Å². The van der Waals surface area contributed by atoms with Crippen LogP contribution in [-0.4, -0.2) is 46.7 Å². The lowest BCUT2D eigenvalue weighted by molar-refractivity contribution is 0.222. The van der Waals surface area contributed by atoms with Gasteiger partial charge in [-0.15, -0.1) is 0 Å². The molecule has 0 unspecified atom stereocenters. The van der Waals surface area contributed by atoms with Crippen LogP contribution in [0, 0.1) is 0 Å². The summed E-state index contributed by atoms with van der Waals surface area (Å²) in [6, 6.07) is 17.1. The minimum atomic E-state index is -0.714. The molecule has 0 aliphatic carbocycles. The van der Waals surface area contributed by atoms with Crippen LogP contribution in [0.5, 0.6) is 5.75 Å². The lowest BCUT2D eigenvalue weighted by Gasteiger charge is -2.17. The number of benzene rings is 2. The summed E-state index contributed by atoms with van der Waals surface area (Å²) in [5, 5.41) is 9.26. The van der Waals surface area contributed by atoms with E-state index in [0.29, 0.717) is 39.5 Å². The molecule has 39 heavy (non-hydrogen) atoms. The molecule has 0 saturated carbocycles. The molecule has 1 fully saturated rings. The van der Waals surface area contributed by atoms with E-state index in [1.54, 1.807) is 46.9 Å². The van der Waals surface area contributed by atoms with Crippen LogP contribution in [0.4, 0.5) is 32.3 Å². The Bertz CT molecular complexity index is 1580. The summed E-state index contributed by atoms with van der Waals surface area (Å²) in [5.74, 6) is 0.711. The number of carbonyl (C=O) groups is 2. The zero-order chi connectivity index (χ0) is 27.4. The van der Waals surface area contributed by atoms with Crippen molar-refractivity contribution in [2.45, 2.75) is 19.4 Å². The highest BCUT2D eigenvalue weighted by Gasteiger charge is 2.18.